The smallest absolute Gasteiger partial charge is 0.344 e. The van der Waals surface area contributed by atoms with Crippen LogP contribution in [-0.2, 0) is 11.3 Å². The first-order valence-corrected chi connectivity index (χ1v) is 9.86. The van der Waals surface area contributed by atoms with Gasteiger partial charge in [-0.15, -0.1) is 0 Å². The molecule has 7 heteroatoms. The van der Waals surface area contributed by atoms with Crippen LogP contribution < -0.4 is 5.73 Å². The number of carbonyl (C=O) groups is 1. The summed E-state index contributed by atoms with van der Waals surface area (Å²) in [6.45, 7) is 4.17. The average molecular weight is 409 g/mol. The fourth-order valence-corrected chi connectivity index (χ4v) is 3.40. The van der Waals surface area contributed by atoms with Gasteiger partial charge in [-0.05, 0) is 37.1 Å². The molecule has 0 aliphatic heterocycles. The molecule has 0 saturated carbocycles. The van der Waals surface area contributed by atoms with E-state index in [2.05, 4.69) is 4.98 Å². The second-order valence-corrected chi connectivity index (χ2v) is 7.35. The highest BCUT2D eigenvalue weighted by molar-refractivity contribution is 6.31. The first-order valence-electron chi connectivity index (χ1n) is 9.48. The van der Waals surface area contributed by atoms with Crippen LogP contribution in [0.1, 0.15) is 36.2 Å². The van der Waals surface area contributed by atoms with E-state index in [4.69, 9.17) is 27.1 Å². The summed E-state index contributed by atoms with van der Waals surface area (Å²) < 4.78 is 7.31. The number of anilines is 1. The minimum Gasteiger partial charge on any atom is -0.459 e. The Morgan fingerprint density at radius 2 is 1.79 bits per heavy atom. The van der Waals surface area contributed by atoms with E-state index in [-0.39, 0.29) is 17.5 Å². The molecule has 0 aliphatic carbocycles. The predicted octanol–water partition coefficient (Wildman–Crippen LogP) is 4.82. The number of para-hydroxylation sites is 2. The van der Waals surface area contributed by atoms with Crippen molar-refractivity contribution in [2.24, 2.45) is 0 Å². The molecule has 4 rings (SSSR count). The van der Waals surface area contributed by atoms with Gasteiger partial charge < -0.3 is 15.0 Å². The molecule has 0 amide bonds. The van der Waals surface area contributed by atoms with E-state index in [1.54, 1.807) is 4.57 Å². The highest BCUT2D eigenvalue weighted by Gasteiger charge is 2.26. The van der Waals surface area contributed by atoms with Crippen LogP contribution in [0.5, 0.6) is 0 Å². The van der Waals surface area contributed by atoms with Crippen LogP contribution >= 0.6 is 11.6 Å². The fourth-order valence-electron chi connectivity index (χ4n) is 3.20. The van der Waals surface area contributed by atoms with Gasteiger partial charge >= 0.3 is 5.97 Å². The zero-order valence-corrected chi connectivity index (χ0v) is 17.0. The van der Waals surface area contributed by atoms with Crippen molar-refractivity contribution >= 4 is 45.6 Å². The van der Waals surface area contributed by atoms with E-state index in [9.17, 15) is 4.79 Å². The molecule has 0 spiro atoms. The number of nitrogens with two attached hydrogens (primary N) is 1. The lowest BCUT2D eigenvalue weighted by atomic mass is 10.2. The van der Waals surface area contributed by atoms with Crippen molar-refractivity contribution in [3.8, 4) is 0 Å². The first kappa shape index (κ1) is 19.2. The molecule has 0 fully saturated rings. The third-order valence-electron chi connectivity index (χ3n) is 4.97. The highest BCUT2D eigenvalue weighted by Crippen LogP contribution is 2.30. The minimum absolute atomic E-state index is 0.225. The maximum Gasteiger partial charge on any atom is 0.344 e. The maximum absolute atomic E-state index is 12.9. The van der Waals surface area contributed by atoms with Crippen molar-refractivity contribution in [3.05, 3.63) is 64.7 Å². The number of rotatable bonds is 5. The Hall–Kier alpha value is -3.12. The Labute approximate surface area is 173 Å². The summed E-state index contributed by atoms with van der Waals surface area (Å²) in [7, 11) is 0. The number of halogens is 1. The van der Waals surface area contributed by atoms with E-state index < -0.39 is 5.97 Å². The first-order chi connectivity index (χ1) is 14.0. The highest BCUT2D eigenvalue weighted by atomic mass is 35.5. The van der Waals surface area contributed by atoms with Crippen molar-refractivity contribution in [2.45, 2.75) is 32.9 Å². The molecule has 2 aromatic heterocycles. The van der Waals surface area contributed by atoms with E-state index in [1.165, 1.54) is 0 Å². The molecule has 0 saturated heterocycles. The third kappa shape index (κ3) is 3.51. The molecule has 1 atom stereocenters. The summed E-state index contributed by atoms with van der Waals surface area (Å²) in [6, 6.07) is 15.0. The van der Waals surface area contributed by atoms with Gasteiger partial charge in [0.25, 0.3) is 0 Å². The number of hydrogen-bond donors (Lipinski definition) is 1. The lowest BCUT2D eigenvalue weighted by Gasteiger charge is -2.11. The van der Waals surface area contributed by atoms with Crippen LogP contribution in [0.4, 0.5) is 5.82 Å². The van der Waals surface area contributed by atoms with E-state index >= 15 is 0 Å². The number of hydrogen-bond acceptors (Lipinski definition) is 5. The van der Waals surface area contributed by atoms with Gasteiger partial charge in [-0.1, -0.05) is 48.9 Å². The van der Waals surface area contributed by atoms with Gasteiger partial charge in [0.2, 0.25) is 0 Å². The van der Waals surface area contributed by atoms with Gasteiger partial charge in [0.05, 0.1) is 23.7 Å². The lowest BCUT2D eigenvalue weighted by Crippen LogP contribution is -2.16. The topological polar surface area (TPSA) is 83.0 Å². The summed E-state index contributed by atoms with van der Waals surface area (Å²) in [6.07, 6.45) is 0.482. The second-order valence-electron chi connectivity index (χ2n) is 6.95. The van der Waals surface area contributed by atoms with Crippen LogP contribution in [0.3, 0.4) is 0 Å². The molecule has 29 heavy (non-hydrogen) atoms. The molecule has 2 heterocycles. The molecule has 0 bridgehead atoms. The molecule has 0 aliphatic rings. The summed E-state index contributed by atoms with van der Waals surface area (Å²) in [5, 5.41) is 0.617. The number of ether oxygens (including phenoxy) is 1. The van der Waals surface area contributed by atoms with Crippen molar-refractivity contribution in [2.75, 3.05) is 5.73 Å². The predicted molar refractivity (Wildman–Crippen MR) is 115 cm³/mol. The Morgan fingerprint density at radius 3 is 2.48 bits per heavy atom. The Kier molecular flexibility index (Phi) is 5.11. The van der Waals surface area contributed by atoms with Crippen molar-refractivity contribution < 1.29 is 9.53 Å². The zero-order valence-electron chi connectivity index (χ0n) is 16.2. The normalized spacial score (nSPS) is 12.4. The number of esters is 1. The Morgan fingerprint density at radius 1 is 1.14 bits per heavy atom. The molecule has 2 aromatic carbocycles. The van der Waals surface area contributed by atoms with Crippen LogP contribution in [0, 0.1) is 0 Å². The molecule has 4 aromatic rings. The Balaban J connectivity index is 1.94. The number of fused-ring (bicyclic) bond motifs is 2. The van der Waals surface area contributed by atoms with Crippen LogP contribution in [0.2, 0.25) is 5.02 Å². The summed E-state index contributed by atoms with van der Waals surface area (Å²) in [4.78, 5) is 22.3. The molecular formula is C22H21ClN4O2. The number of aromatic nitrogens is 3. The van der Waals surface area contributed by atoms with Gasteiger partial charge in [0.1, 0.15) is 16.9 Å². The zero-order chi connectivity index (χ0) is 20.5. The van der Waals surface area contributed by atoms with Crippen molar-refractivity contribution in [1.82, 2.24) is 14.5 Å². The number of carbonyl (C=O) groups excluding carboxylic acids is 1. The van der Waals surface area contributed by atoms with Gasteiger partial charge in [-0.3, -0.25) is 0 Å². The third-order valence-corrected chi connectivity index (χ3v) is 5.33. The van der Waals surface area contributed by atoms with Gasteiger partial charge in [0.15, 0.2) is 5.65 Å². The average Bonchev–Trinajstić information content (AvgIpc) is 2.98. The van der Waals surface area contributed by atoms with Gasteiger partial charge in [0, 0.05) is 5.02 Å². The van der Waals surface area contributed by atoms with Gasteiger partial charge in [-0.2, -0.15) is 0 Å². The summed E-state index contributed by atoms with van der Waals surface area (Å²) in [5.41, 5.74) is 9.91. The second kappa shape index (κ2) is 7.72. The minimum atomic E-state index is -0.496. The van der Waals surface area contributed by atoms with Crippen LogP contribution in [-0.4, -0.2) is 26.6 Å². The monoisotopic (exact) mass is 408 g/mol. The molecule has 0 radical (unpaired) electrons. The number of benzene rings is 2. The standard InChI is InChI=1S/C22H21ClN4O2/c1-3-13(2)29-22(28)18-19-21(26-17-11-7-6-10-16(17)25-19)27(20(18)24)12-14-8-4-5-9-15(14)23/h4-11,13H,3,12,24H2,1-2H3. The molecular weight excluding hydrogens is 388 g/mol. The van der Waals surface area contributed by atoms with Crippen molar-refractivity contribution in [3.63, 3.8) is 0 Å². The summed E-state index contributed by atoms with van der Waals surface area (Å²) >= 11 is 6.35. The van der Waals surface area contributed by atoms with Gasteiger partial charge in [-0.25, -0.2) is 14.8 Å². The largest absolute Gasteiger partial charge is 0.459 e. The van der Waals surface area contributed by atoms with Crippen LogP contribution in [0.25, 0.3) is 22.2 Å². The molecule has 148 valence electrons. The molecule has 6 nitrogen and oxygen atoms in total. The van der Waals surface area contributed by atoms with E-state index in [0.29, 0.717) is 34.7 Å². The quantitative estimate of drug-likeness (QED) is 0.478. The SMILES string of the molecule is CCC(C)OC(=O)c1c(N)n(Cc2ccccc2Cl)c2nc3ccccc3nc12. The van der Waals surface area contributed by atoms with Crippen LogP contribution in [0.15, 0.2) is 48.5 Å². The van der Waals surface area contributed by atoms with Crippen molar-refractivity contribution in [1.29, 1.82) is 0 Å². The lowest BCUT2D eigenvalue weighted by molar-refractivity contribution is 0.0338. The Bertz CT molecular complexity index is 1220. The van der Waals surface area contributed by atoms with E-state index in [1.807, 2.05) is 62.4 Å². The van der Waals surface area contributed by atoms with E-state index in [0.717, 1.165) is 11.1 Å². The fraction of sp³-hybridized carbons (Fsp3) is 0.227. The number of nitrogens with zero attached hydrogens (tertiary/aromatic N) is 3. The maximum atomic E-state index is 12.9. The molecule has 1 unspecified atom stereocenters. The molecule has 2 N–H and O–H groups in total. The number of nitrogen functional groups attached to an aromatic ring is 1. The summed E-state index contributed by atoms with van der Waals surface area (Å²) in [5.74, 6) is -0.229.